The standard InChI is InChI=1S/C10H15N3O3/c1-11-3-8(14)13-4-6-7(5-13)10(16)12(2)9(6)15/h6-7,11H,3-5H2,1-2H3/t6-,7+. The van der Waals surface area contributed by atoms with Crippen molar-refractivity contribution < 1.29 is 14.4 Å². The van der Waals surface area contributed by atoms with Crippen molar-refractivity contribution in [3.05, 3.63) is 0 Å². The average molecular weight is 225 g/mol. The summed E-state index contributed by atoms with van der Waals surface area (Å²) in [7, 11) is 3.20. The molecule has 0 bridgehead atoms. The summed E-state index contributed by atoms with van der Waals surface area (Å²) in [6, 6.07) is 0. The monoisotopic (exact) mass is 225 g/mol. The number of likely N-dealkylation sites (tertiary alicyclic amines) is 2. The van der Waals surface area contributed by atoms with Gasteiger partial charge in [-0.25, -0.2) is 0 Å². The fraction of sp³-hybridized carbons (Fsp3) is 0.700. The number of likely N-dealkylation sites (N-methyl/N-ethyl adjacent to an activating group) is 1. The van der Waals surface area contributed by atoms with Gasteiger partial charge >= 0.3 is 0 Å². The normalized spacial score (nSPS) is 28.9. The highest BCUT2D eigenvalue weighted by atomic mass is 16.2. The highest BCUT2D eigenvalue weighted by molar-refractivity contribution is 6.06. The van der Waals surface area contributed by atoms with Gasteiger partial charge in [0.05, 0.1) is 18.4 Å². The van der Waals surface area contributed by atoms with Gasteiger partial charge in [0.1, 0.15) is 0 Å². The Labute approximate surface area is 93.6 Å². The van der Waals surface area contributed by atoms with Crippen LogP contribution in [0.3, 0.4) is 0 Å². The van der Waals surface area contributed by atoms with Gasteiger partial charge < -0.3 is 10.2 Å². The van der Waals surface area contributed by atoms with E-state index in [-0.39, 0.29) is 36.1 Å². The number of fused-ring (bicyclic) bond motifs is 1. The molecule has 0 spiro atoms. The molecule has 2 fully saturated rings. The quantitative estimate of drug-likeness (QED) is 0.567. The maximum atomic E-state index is 11.7. The minimum Gasteiger partial charge on any atom is -0.340 e. The molecule has 88 valence electrons. The molecule has 0 aromatic carbocycles. The van der Waals surface area contributed by atoms with Crippen molar-refractivity contribution in [2.24, 2.45) is 11.8 Å². The van der Waals surface area contributed by atoms with Crippen LogP contribution in [0.25, 0.3) is 0 Å². The molecule has 2 rings (SSSR count). The Morgan fingerprint density at radius 2 is 1.81 bits per heavy atom. The summed E-state index contributed by atoms with van der Waals surface area (Å²) in [4.78, 5) is 37.7. The second kappa shape index (κ2) is 3.86. The highest BCUT2D eigenvalue weighted by Crippen LogP contribution is 2.32. The summed E-state index contributed by atoms with van der Waals surface area (Å²) in [6.45, 7) is 0.998. The second-order valence-corrected chi connectivity index (χ2v) is 4.28. The number of amides is 3. The zero-order chi connectivity index (χ0) is 11.9. The zero-order valence-corrected chi connectivity index (χ0v) is 9.40. The molecule has 2 saturated heterocycles. The van der Waals surface area contributed by atoms with Crippen LogP contribution in [0.1, 0.15) is 0 Å². The van der Waals surface area contributed by atoms with E-state index in [1.54, 1.807) is 11.9 Å². The van der Waals surface area contributed by atoms with Crippen molar-refractivity contribution in [2.45, 2.75) is 0 Å². The summed E-state index contributed by atoms with van der Waals surface area (Å²) in [5, 5.41) is 2.77. The van der Waals surface area contributed by atoms with Gasteiger partial charge in [0.2, 0.25) is 17.7 Å². The van der Waals surface area contributed by atoms with E-state index in [2.05, 4.69) is 5.32 Å². The summed E-state index contributed by atoms with van der Waals surface area (Å²) in [5.74, 6) is -1.01. The summed E-state index contributed by atoms with van der Waals surface area (Å²) >= 11 is 0. The maximum absolute atomic E-state index is 11.7. The van der Waals surface area contributed by atoms with Crippen molar-refractivity contribution >= 4 is 17.7 Å². The Bertz CT molecular complexity index is 331. The van der Waals surface area contributed by atoms with Gasteiger partial charge in [0, 0.05) is 20.1 Å². The van der Waals surface area contributed by atoms with Gasteiger partial charge in [0.25, 0.3) is 0 Å². The molecular weight excluding hydrogens is 210 g/mol. The van der Waals surface area contributed by atoms with Gasteiger partial charge in [-0.2, -0.15) is 0 Å². The Hall–Kier alpha value is -1.43. The van der Waals surface area contributed by atoms with Gasteiger partial charge in [-0.1, -0.05) is 0 Å². The van der Waals surface area contributed by atoms with Crippen molar-refractivity contribution in [3.8, 4) is 0 Å². The van der Waals surface area contributed by atoms with E-state index in [9.17, 15) is 14.4 Å². The third-order valence-corrected chi connectivity index (χ3v) is 3.30. The molecule has 1 N–H and O–H groups in total. The molecule has 3 amide bonds. The van der Waals surface area contributed by atoms with Crippen LogP contribution in [0.5, 0.6) is 0 Å². The Balaban J connectivity index is 2.07. The number of carbonyl (C=O) groups excluding carboxylic acids is 3. The van der Waals surface area contributed by atoms with Crippen molar-refractivity contribution in [1.82, 2.24) is 15.1 Å². The molecule has 6 heteroatoms. The SMILES string of the molecule is CNCC(=O)N1C[C@@H]2C(=O)N(C)C(=O)[C@@H]2C1. The van der Waals surface area contributed by atoms with Crippen LogP contribution in [-0.2, 0) is 14.4 Å². The van der Waals surface area contributed by atoms with Gasteiger partial charge in [0.15, 0.2) is 0 Å². The number of nitrogens with one attached hydrogen (secondary N) is 1. The first kappa shape index (κ1) is 11.1. The van der Waals surface area contributed by atoms with E-state index in [0.717, 1.165) is 0 Å². The number of carbonyl (C=O) groups is 3. The molecule has 0 unspecified atom stereocenters. The number of hydrogen-bond donors (Lipinski definition) is 1. The van der Waals surface area contributed by atoms with Crippen LogP contribution in [-0.4, -0.2) is 61.3 Å². The smallest absolute Gasteiger partial charge is 0.236 e. The topological polar surface area (TPSA) is 69.7 Å². The predicted molar refractivity (Wildman–Crippen MR) is 55.3 cm³/mol. The molecule has 16 heavy (non-hydrogen) atoms. The molecular formula is C10H15N3O3. The van der Waals surface area contributed by atoms with E-state index in [1.165, 1.54) is 11.9 Å². The van der Waals surface area contributed by atoms with E-state index in [1.807, 2.05) is 0 Å². The van der Waals surface area contributed by atoms with Crippen molar-refractivity contribution in [2.75, 3.05) is 33.7 Å². The van der Waals surface area contributed by atoms with Crippen LogP contribution in [0.15, 0.2) is 0 Å². The molecule has 6 nitrogen and oxygen atoms in total. The second-order valence-electron chi connectivity index (χ2n) is 4.28. The van der Waals surface area contributed by atoms with E-state index in [4.69, 9.17) is 0 Å². The van der Waals surface area contributed by atoms with Crippen LogP contribution in [0.4, 0.5) is 0 Å². The average Bonchev–Trinajstić information content (AvgIpc) is 2.77. The molecule has 2 atom stereocenters. The van der Waals surface area contributed by atoms with Gasteiger partial charge in [-0.3, -0.25) is 19.3 Å². The molecule has 0 aromatic rings. The lowest BCUT2D eigenvalue weighted by molar-refractivity contribution is -0.139. The first-order valence-corrected chi connectivity index (χ1v) is 5.30. The molecule has 2 aliphatic heterocycles. The molecule has 0 aliphatic carbocycles. The zero-order valence-electron chi connectivity index (χ0n) is 9.40. The Morgan fingerprint density at radius 3 is 2.25 bits per heavy atom. The summed E-state index contributed by atoms with van der Waals surface area (Å²) < 4.78 is 0. The fourth-order valence-electron chi connectivity index (χ4n) is 2.38. The van der Waals surface area contributed by atoms with Crippen molar-refractivity contribution in [3.63, 3.8) is 0 Å². The predicted octanol–water partition coefficient (Wildman–Crippen LogP) is -1.72. The summed E-state index contributed by atoms with van der Waals surface area (Å²) in [6.07, 6.45) is 0. The Morgan fingerprint density at radius 1 is 1.31 bits per heavy atom. The lowest BCUT2D eigenvalue weighted by Crippen LogP contribution is -2.39. The third kappa shape index (κ3) is 1.49. The van der Waals surface area contributed by atoms with Gasteiger partial charge in [-0.05, 0) is 7.05 Å². The van der Waals surface area contributed by atoms with E-state index >= 15 is 0 Å². The molecule has 2 aliphatic rings. The highest BCUT2D eigenvalue weighted by Gasteiger charge is 2.51. The summed E-state index contributed by atoms with van der Waals surface area (Å²) in [5.41, 5.74) is 0. The van der Waals surface area contributed by atoms with Crippen LogP contribution < -0.4 is 5.32 Å². The van der Waals surface area contributed by atoms with Crippen LogP contribution >= 0.6 is 0 Å². The molecule has 0 saturated carbocycles. The van der Waals surface area contributed by atoms with E-state index < -0.39 is 0 Å². The lowest BCUT2D eigenvalue weighted by atomic mass is 10.00. The van der Waals surface area contributed by atoms with Crippen LogP contribution in [0, 0.1) is 11.8 Å². The minimum absolute atomic E-state index is 0.0554. The van der Waals surface area contributed by atoms with Crippen LogP contribution in [0.2, 0.25) is 0 Å². The number of nitrogens with zero attached hydrogens (tertiary/aromatic N) is 2. The minimum atomic E-state index is -0.321. The van der Waals surface area contributed by atoms with Crippen molar-refractivity contribution in [1.29, 1.82) is 0 Å². The lowest BCUT2D eigenvalue weighted by Gasteiger charge is -2.18. The number of hydrogen-bond acceptors (Lipinski definition) is 4. The molecule has 0 aromatic heterocycles. The fourth-order valence-corrected chi connectivity index (χ4v) is 2.38. The largest absolute Gasteiger partial charge is 0.340 e. The van der Waals surface area contributed by atoms with E-state index in [0.29, 0.717) is 13.1 Å². The maximum Gasteiger partial charge on any atom is 0.236 e. The molecule has 0 radical (unpaired) electrons. The first-order valence-electron chi connectivity index (χ1n) is 5.30. The Kier molecular flexibility index (Phi) is 2.67. The number of imide groups is 1. The third-order valence-electron chi connectivity index (χ3n) is 3.30. The first-order chi connectivity index (χ1) is 7.56. The molecule has 2 heterocycles. The number of rotatable bonds is 2. The van der Waals surface area contributed by atoms with Gasteiger partial charge in [-0.15, -0.1) is 0 Å².